The lowest BCUT2D eigenvalue weighted by molar-refractivity contribution is 0.0903. The summed E-state index contributed by atoms with van der Waals surface area (Å²) in [6.07, 6.45) is 4.62. The minimum Gasteiger partial charge on any atom is -0.378 e. The van der Waals surface area contributed by atoms with E-state index in [4.69, 9.17) is 4.74 Å². The summed E-state index contributed by atoms with van der Waals surface area (Å²) in [4.78, 5) is 0. The lowest BCUT2D eigenvalue weighted by atomic mass is 9.91. The molecule has 2 heterocycles. The van der Waals surface area contributed by atoms with Crippen LogP contribution in [0.2, 0.25) is 0 Å². The third-order valence-electron chi connectivity index (χ3n) is 4.27. The highest BCUT2D eigenvalue weighted by Gasteiger charge is 2.33. The Hall–Kier alpha value is -0.170. The number of nitrogens with one attached hydrogen (secondary N) is 1. The molecule has 0 radical (unpaired) electrons. The van der Waals surface area contributed by atoms with Gasteiger partial charge >= 0.3 is 0 Å². The molecule has 5 nitrogen and oxygen atoms in total. The number of piperidine rings is 1. The SMILES string of the molecule is CC(C)OCCS(=O)(=O)N1CCCC(C2CCCN2)C1. The Balaban J connectivity index is 1.86. The molecule has 118 valence electrons. The number of hydrogen-bond acceptors (Lipinski definition) is 4. The Labute approximate surface area is 123 Å². The van der Waals surface area contributed by atoms with E-state index in [1.54, 1.807) is 4.31 Å². The van der Waals surface area contributed by atoms with Gasteiger partial charge in [0.15, 0.2) is 0 Å². The van der Waals surface area contributed by atoms with Crippen molar-refractivity contribution < 1.29 is 13.2 Å². The first-order valence-corrected chi connectivity index (χ1v) is 9.43. The van der Waals surface area contributed by atoms with Gasteiger partial charge in [0.05, 0.1) is 18.5 Å². The molecule has 2 unspecified atom stereocenters. The molecule has 1 N–H and O–H groups in total. The van der Waals surface area contributed by atoms with Gasteiger partial charge in [0.2, 0.25) is 10.0 Å². The van der Waals surface area contributed by atoms with Gasteiger partial charge in [-0.1, -0.05) is 0 Å². The molecule has 2 atom stereocenters. The summed E-state index contributed by atoms with van der Waals surface area (Å²) >= 11 is 0. The van der Waals surface area contributed by atoms with Gasteiger partial charge in [-0.15, -0.1) is 0 Å². The van der Waals surface area contributed by atoms with Crippen molar-refractivity contribution in [2.45, 2.75) is 51.7 Å². The van der Waals surface area contributed by atoms with E-state index in [0.29, 0.717) is 31.7 Å². The normalized spacial score (nSPS) is 29.1. The van der Waals surface area contributed by atoms with Crippen LogP contribution in [0.3, 0.4) is 0 Å². The molecule has 0 amide bonds. The highest BCUT2D eigenvalue weighted by atomic mass is 32.2. The van der Waals surface area contributed by atoms with Crippen LogP contribution < -0.4 is 5.32 Å². The van der Waals surface area contributed by atoms with Crippen molar-refractivity contribution >= 4 is 10.0 Å². The monoisotopic (exact) mass is 304 g/mol. The van der Waals surface area contributed by atoms with Gasteiger partial charge < -0.3 is 10.1 Å². The van der Waals surface area contributed by atoms with Gasteiger partial charge in [-0.05, 0) is 52.0 Å². The van der Waals surface area contributed by atoms with Crippen molar-refractivity contribution in [3.63, 3.8) is 0 Å². The summed E-state index contributed by atoms with van der Waals surface area (Å²) in [5, 5.41) is 3.51. The second-order valence-electron chi connectivity index (χ2n) is 6.20. The molecule has 0 aromatic carbocycles. The van der Waals surface area contributed by atoms with Gasteiger partial charge in [-0.3, -0.25) is 0 Å². The largest absolute Gasteiger partial charge is 0.378 e. The van der Waals surface area contributed by atoms with Crippen molar-refractivity contribution in [2.75, 3.05) is 32.0 Å². The maximum absolute atomic E-state index is 12.4. The fourth-order valence-corrected chi connectivity index (χ4v) is 4.58. The Morgan fingerprint density at radius 3 is 2.75 bits per heavy atom. The number of rotatable bonds is 6. The highest BCUT2D eigenvalue weighted by molar-refractivity contribution is 7.89. The van der Waals surface area contributed by atoms with Crippen molar-refractivity contribution in [1.82, 2.24) is 9.62 Å². The summed E-state index contributed by atoms with van der Waals surface area (Å²) < 4.78 is 31.8. The third kappa shape index (κ3) is 4.41. The molecule has 0 saturated carbocycles. The van der Waals surface area contributed by atoms with Gasteiger partial charge in [-0.2, -0.15) is 0 Å². The van der Waals surface area contributed by atoms with Gasteiger partial charge in [-0.25, -0.2) is 12.7 Å². The average Bonchev–Trinajstić information content (AvgIpc) is 2.92. The first-order valence-electron chi connectivity index (χ1n) is 7.82. The molecule has 0 aromatic rings. The summed E-state index contributed by atoms with van der Waals surface area (Å²) in [6, 6.07) is 0.514. The van der Waals surface area contributed by atoms with Crippen LogP contribution in [-0.2, 0) is 14.8 Å². The molecule has 6 heteroatoms. The van der Waals surface area contributed by atoms with E-state index in [9.17, 15) is 8.42 Å². The van der Waals surface area contributed by atoms with Crippen LogP contribution in [0, 0.1) is 5.92 Å². The predicted molar refractivity (Wildman–Crippen MR) is 80.2 cm³/mol. The Morgan fingerprint density at radius 1 is 1.30 bits per heavy atom. The highest BCUT2D eigenvalue weighted by Crippen LogP contribution is 2.26. The molecule has 20 heavy (non-hydrogen) atoms. The van der Waals surface area contributed by atoms with Crippen LogP contribution in [0.1, 0.15) is 39.5 Å². The maximum atomic E-state index is 12.4. The first kappa shape index (κ1) is 16.2. The topological polar surface area (TPSA) is 58.6 Å². The maximum Gasteiger partial charge on any atom is 0.216 e. The molecule has 2 aliphatic rings. The summed E-state index contributed by atoms with van der Waals surface area (Å²) in [5.74, 6) is 0.586. The number of sulfonamides is 1. The van der Waals surface area contributed by atoms with Crippen LogP contribution in [0.15, 0.2) is 0 Å². The van der Waals surface area contributed by atoms with Crippen LogP contribution >= 0.6 is 0 Å². The molecule has 0 bridgehead atoms. The number of nitrogens with zero attached hydrogens (tertiary/aromatic N) is 1. The minimum atomic E-state index is -3.16. The smallest absolute Gasteiger partial charge is 0.216 e. The van der Waals surface area contributed by atoms with Crippen molar-refractivity contribution in [2.24, 2.45) is 5.92 Å². The lowest BCUT2D eigenvalue weighted by Gasteiger charge is -2.35. The fraction of sp³-hybridized carbons (Fsp3) is 1.00. The van der Waals surface area contributed by atoms with E-state index in [0.717, 1.165) is 19.4 Å². The summed E-state index contributed by atoms with van der Waals surface area (Å²) in [7, 11) is -3.16. The van der Waals surface area contributed by atoms with Gasteiger partial charge in [0, 0.05) is 19.1 Å². The van der Waals surface area contributed by atoms with E-state index < -0.39 is 10.0 Å². The molecule has 2 rings (SSSR count). The minimum absolute atomic E-state index is 0.0852. The summed E-state index contributed by atoms with van der Waals surface area (Å²) in [5.41, 5.74) is 0. The van der Waals surface area contributed by atoms with Crippen molar-refractivity contribution in [3.8, 4) is 0 Å². The zero-order valence-corrected chi connectivity index (χ0v) is 13.5. The van der Waals surface area contributed by atoms with Crippen LogP contribution in [-0.4, -0.2) is 56.9 Å². The van der Waals surface area contributed by atoms with E-state index in [2.05, 4.69) is 5.32 Å². The molecular formula is C14H28N2O3S. The molecule has 2 fully saturated rings. The molecule has 2 saturated heterocycles. The molecular weight excluding hydrogens is 276 g/mol. The molecule has 0 aliphatic carbocycles. The third-order valence-corrected chi connectivity index (χ3v) is 6.07. The lowest BCUT2D eigenvalue weighted by Crippen LogP contribution is -2.46. The van der Waals surface area contributed by atoms with Crippen LogP contribution in [0.4, 0.5) is 0 Å². The average molecular weight is 304 g/mol. The van der Waals surface area contributed by atoms with E-state index >= 15 is 0 Å². The molecule has 0 spiro atoms. The van der Waals surface area contributed by atoms with Crippen molar-refractivity contribution in [1.29, 1.82) is 0 Å². The standard InChI is InChI=1S/C14H28N2O3S/c1-12(2)19-9-10-20(17,18)16-8-4-5-13(11-16)14-6-3-7-15-14/h12-15H,3-11H2,1-2H3. The second-order valence-corrected chi connectivity index (χ2v) is 8.29. The van der Waals surface area contributed by atoms with Crippen molar-refractivity contribution in [3.05, 3.63) is 0 Å². The second kappa shape index (κ2) is 7.20. The Kier molecular flexibility index (Phi) is 5.84. The van der Waals surface area contributed by atoms with Crippen LogP contribution in [0.25, 0.3) is 0 Å². The Bertz CT molecular complexity index is 391. The first-order chi connectivity index (χ1) is 9.49. The quantitative estimate of drug-likeness (QED) is 0.801. The van der Waals surface area contributed by atoms with Gasteiger partial charge in [0.1, 0.15) is 0 Å². The van der Waals surface area contributed by atoms with Crippen LogP contribution in [0.5, 0.6) is 0 Å². The predicted octanol–water partition coefficient (Wildman–Crippen LogP) is 1.21. The molecule has 2 aliphatic heterocycles. The zero-order chi connectivity index (χ0) is 14.6. The van der Waals surface area contributed by atoms with E-state index in [1.807, 2.05) is 13.8 Å². The number of hydrogen-bond donors (Lipinski definition) is 1. The van der Waals surface area contributed by atoms with Gasteiger partial charge in [0.25, 0.3) is 0 Å². The Morgan fingerprint density at radius 2 is 2.10 bits per heavy atom. The fourth-order valence-electron chi connectivity index (χ4n) is 3.19. The molecule has 0 aromatic heterocycles. The summed E-state index contributed by atoms with van der Waals surface area (Å²) in [6.45, 7) is 6.58. The van der Waals surface area contributed by atoms with E-state index in [-0.39, 0.29) is 11.9 Å². The zero-order valence-electron chi connectivity index (χ0n) is 12.7. The number of ether oxygens (including phenoxy) is 1. The van der Waals surface area contributed by atoms with E-state index in [1.165, 1.54) is 12.8 Å².